The lowest BCUT2D eigenvalue weighted by atomic mass is 10.1. The third-order valence-corrected chi connectivity index (χ3v) is 4.99. The molecule has 7 nitrogen and oxygen atoms in total. The Bertz CT molecular complexity index is 921. The van der Waals surface area contributed by atoms with Crippen LogP contribution in [0.2, 0.25) is 0 Å². The van der Waals surface area contributed by atoms with Crippen molar-refractivity contribution in [3.05, 3.63) is 60.3 Å². The van der Waals surface area contributed by atoms with Gasteiger partial charge >= 0.3 is 0 Å². The molecule has 1 aliphatic heterocycles. The van der Waals surface area contributed by atoms with Crippen molar-refractivity contribution >= 4 is 5.82 Å². The molecule has 0 bridgehead atoms. The number of anilines is 1. The van der Waals surface area contributed by atoms with Crippen LogP contribution in [0.3, 0.4) is 0 Å². The highest BCUT2D eigenvalue weighted by molar-refractivity contribution is 5.60. The molecule has 3 aromatic rings. The zero-order chi connectivity index (χ0) is 19.5. The van der Waals surface area contributed by atoms with Crippen molar-refractivity contribution in [1.29, 1.82) is 0 Å². The predicted molar refractivity (Wildman–Crippen MR) is 109 cm³/mol. The molecular weight excluding hydrogens is 352 g/mol. The van der Waals surface area contributed by atoms with E-state index in [0.717, 1.165) is 42.3 Å². The van der Waals surface area contributed by atoms with Gasteiger partial charge in [-0.15, -0.1) is 0 Å². The minimum absolute atomic E-state index is 0.0174. The fourth-order valence-corrected chi connectivity index (χ4v) is 3.56. The number of rotatable bonds is 5. The molecule has 0 saturated carbocycles. The van der Waals surface area contributed by atoms with Crippen LogP contribution in [0.25, 0.3) is 11.1 Å². The molecule has 0 aromatic carbocycles. The minimum atomic E-state index is -0.0174. The van der Waals surface area contributed by atoms with Crippen LogP contribution < -0.4 is 4.90 Å². The number of aromatic nitrogens is 4. The van der Waals surface area contributed by atoms with E-state index in [1.165, 1.54) is 5.56 Å². The van der Waals surface area contributed by atoms with E-state index in [0.29, 0.717) is 6.61 Å². The van der Waals surface area contributed by atoms with Crippen molar-refractivity contribution in [3.8, 4) is 11.1 Å². The summed E-state index contributed by atoms with van der Waals surface area (Å²) < 4.78 is 7.81. The first kappa shape index (κ1) is 18.6. The number of pyridine rings is 2. The molecule has 1 aliphatic rings. The molecule has 0 spiro atoms. The van der Waals surface area contributed by atoms with Crippen molar-refractivity contribution in [3.63, 3.8) is 0 Å². The van der Waals surface area contributed by atoms with Gasteiger partial charge in [-0.1, -0.05) is 12.1 Å². The largest absolute Gasteiger partial charge is 0.369 e. The average molecular weight is 378 g/mol. The molecule has 4 heterocycles. The number of hydrogen-bond acceptors (Lipinski definition) is 6. The van der Waals surface area contributed by atoms with Crippen molar-refractivity contribution in [2.45, 2.75) is 12.6 Å². The first-order valence-corrected chi connectivity index (χ1v) is 9.50. The molecule has 3 aromatic heterocycles. The van der Waals surface area contributed by atoms with Crippen LogP contribution in [0, 0.1) is 0 Å². The number of morpholine rings is 1. The topological polar surface area (TPSA) is 59.3 Å². The zero-order valence-electron chi connectivity index (χ0n) is 16.6. The van der Waals surface area contributed by atoms with E-state index >= 15 is 0 Å². The molecule has 146 valence electrons. The lowest BCUT2D eigenvalue weighted by Crippen LogP contribution is -2.38. The molecule has 0 aliphatic carbocycles. The molecule has 0 radical (unpaired) electrons. The normalized spacial score (nSPS) is 17.6. The van der Waals surface area contributed by atoms with Crippen LogP contribution in [0.4, 0.5) is 5.82 Å². The van der Waals surface area contributed by atoms with E-state index < -0.39 is 0 Å². The smallest absolute Gasteiger partial charge is 0.132 e. The van der Waals surface area contributed by atoms with Crippen LogP contribution in [-0.2, 0) is 18.3 Å². The maximum Gasteiger partial charge on any atom is 0.132 e. The third-order valence-electron chi connectivity index (χ3n) is 4.99. The van der Waals surface area contributed by atoms with Gasteiger partial charge in [-0.25, -0.2) is 4.98 Å². The summed E-state index contributed by atoms with van der Waals surface area (Å²) in [4.78, 5) is 13.6. The van der Waals surface area contributed by atoms with Crippen molar-refractivity contribution in [2.75, 3.05) is 38.7 Å². The molecule has 0 N–H and O–H groups in total. The Kier molecular flexibility index (Phi) is 5.36. The summed E-state index contributed by atoms with van der Waals surface area (Å²) in [7, 11) is 5.98. The third kappa shape index (κ3) is 4.05. The van der Waals surface area contributed by atoms with E-state index in [1.54, 1.807) is 4.68 Å². The first-order chi connectivity index (χ1) is 13.6. The first-order valence-electron chi connectivity index (χ1n) is 9.50. The maximum absolute atomic E-state index is 6.01. The molecular formula is C21H26N6O. The summed E-state index contributed by atoms with van der Waals surface area (Å²) >= 11 is 0. The van der Waals surface area contributed by atoms with Crippen LogP contribution >= 0.6 is 0 Å². The minimum Gasteiger partial charge on any atom is -0.369 e. The van der Waals surface area contributed by atoms with E-state index in [2.05, 4.69) is 43.1 Å². The van der Waals surface area contributed by atoms with Gasteiger partial charge in [0, 0.05) is 76.1 Å². The van der Waals surface area contributed by atoms with Gasteiger partial charge in [0.25, 0.3) is 0 Å². The van der Waals surface area contributed by atoms with E-state index in [-0.39, 0.29) is 6.10 Å². The molecule has 1 fully saturated rings. The summed E-state index contributed by atoms with van der Waals surface area (Å²) in [6.07, 6.45) is 7.57. The zero-order valence-corrected chi connectivity index (χ0v) is 16.6. The van der Waals surface area contributed by atoms with Crippen molar-refractivity contribution in [1.82, 2.24) is 24.6 Å². The fourth-order valence-electron chi connectivity index (χ4n) is 3.56. The molecule has 28 heavy (non-hydrogen) atoms. The Morgan fingerprint density at radius 3 is 2.75 bits per heavy atom. The highest BCUT2D eigenvalue weighted by Crippen LogP contribution is 2.25. The summed E-state index contributed by atoms with van der Waals surface area (Å²) in [5, 5.41) is 4.22. The second-order valence-electron chi connectivity index (χ2n) is 7.35. The van der Waals surface area contributed by atoms with E-state index in [1.807, 2.05) is 52.0 Å². The second kappa shape index (κ2) is 8.08. The van der Waals surface area contributed by atoms with Gasteiger partial charge in [0.2, 0.25) is 0 Å². The summed E-state index contributed by atoms with van der Waals surface area (Å²) in [5.41, 5.74) is 4.33. The number of aryl methyl sites for hydroxylation is 1. The quantitative estimate of drug-likeness (QED) is 0.680. The van der Waals surface area contributed by atoms with Gasteiger partial charge in [0.1, 0.15) is 11.9 Å². The lowest BCUT2D eigenvalue weighted by Gasteiger charge is -2.33. The Hall–Kier alpha value is -2.77. The van der Waals surface area contributed by atoms with Crippen LogP contribution in [0.5, 0.6) is 0 Å². The fraction of sp³-hybridized carbons (Fsp3) is 0.381. The molecule has 1 unspecified atom stereocenters. The van der Waals surface area contributed by atoms with Crippen molar-refractivity contribution in [2.24, 2.45) is 7.05 Å². The number of nitrogens with zero attached hydrogens (tertiary/aromatic N) is 6. The molecule has 1 atom stereocenters. The van der Waals surface area contributed by atoms with Crippen LogP contribution in [0.15, 0.2) is 49.1 Å². The molecule has 0 amide bonds. The van der Waals surface area contributed by atoms with Gasteiger partial charge in [0.15, 0.2) is 0 Å². The molecule has 4 rings (SSSR count). The van der Waals surface area contributed by atoms with E-state index in [4.69, 9.17) is 4.74 Å². The number of ether oxygens (including phenoxy) is 1. The van der Waals surface area contributed by atoms with Gasteiger partial charge in [0.05, 0.1) is 18.5 Å². The predicted octanol–water partition coefficient (Wildman–Crippen LogP) is 2.52. The van der Waals surface area contributed by atoms with Crippen molar-refractivity contribution < 1.29 is 4.74 Å². The summed E-state index contributed by atoms with van der Waals surface area (Å²) in [6, 6.07) is 8.30. The highest BCUT2D eigenvalue weighted by atomic mass is 16.5. The van der Waals surface area contributed by atoms with Crippen LogP contribution in [0.1, 0.15) is 17.4 Å². The van der Waals surface area contributed by atoms with Gasteiger partial charge in [-0.05, 0) is 12.1 Å². The Morgan fingerprint density at radius 2 is 2.04 bits per heavy atom. The SMILES string of the molecule is CN(C)c1ncccc1CN1CCOC(c2ccc(-c3cnn(C)c3)cn2)C1. The van der Waals surface area contributed by atoms with Gasteiger partial charge in [-0.2, -0.15) is 5.10 Å². The Morgan fingerprint density at radius 1 is 1.14 bits per heavy atom. The summed E-state index contributed by atoms with van der Waals surface area (Å²) in [5.74, 6) is 1.02. The average Bonchev–Trinajstić information content (AvgIpc) is 3.15. The monoisotopic (exact) mass is 378 g/mol. The number of hydrogen-bond donors (Lipinski definition) is 0. The van der Waals surface area contributed by atoms with Crippen LogP contribution in [-0.4, -0.2) is 58.4 Å². The highest BCUT2D eigenvalue weighted by Gasteiger charge is 2.24. The molecule has 1 saturated heterocycles. The van der Waals surface area contributed by atoms with Gasteiger partial charge < -0.3 is 9.64 Å². The maximum atomic E-state index is 6.01. The molecule has 7 heteroatoms. The standard InChI is InChI=1S/C21H26N6O/c1-25(2)21-17(5-4-8-22-21)14-27-9-10-28-20(15-27)19-7-6-16(11-23-19)18-12-24-26(3)13-18/h4-8,11-13,20H,9-10,14-15H2,1-3H3. The Balaban J connectivity index is 1.45. The second-order valence-corrected chi connectivity index (χ2v) is 7.35. The Labute approximate surface area is 165 Å². The lowest BCUT2D eigenvalue weighted by molar-refractivity contribution is -0.0349. The summed E-state index contributed by atoms with van der Waals surface area (Å²) in [6.45, 7) is 3.29. The van der Waals surface area contributed by atoms with Gasteiger partial charge in [-0.3, -0.25) is 14.6 Å². The van der Waals surface area contributed by atoms with E-state index in [9.17, 15) is 0 Å².